The molecule has 5 saturated heterocycles. The predicted molar refractivity (Wildman–Crippen MR) is 137 cm³/mol. The molecule has 202 valence electrons. The zero-order valence-electron chi connectivity index (χ0n) is 23.0. The normalized spacial score (nSPS) is 44.8. The van der Waals surface area contributed by atoms with Crippen LogP contribution in [0.3, 0.4) is 0 Å². The van der Waals surface area contributed by atoms with Gasteiger partial charge in [0.1, 0.15) is 11.2 Å². The number of cyclic esters (lactones) is 1. The first-order valence-electron chi connectivity index (χ1n) is 14.1. The lowest BCUT2D eigenvalue weighted by Crippen LogP contribution is -2.78. The quantitative estimate of drug-likeness (QED) is 0.290. The van der Waals surface area contributed by atoms with Crippen molar-refractivity contribution in [1.29, 1.82) is 0 Å². The largest absolute Gasteiger partial charge is 0.462 e. The molecule has 0 aromatic rings. The lowest BCUT2D eigenvalue weighted by molar-refractivity contribution is -0.522. The van der Waals surface area contributed by atoms with Gasteiger partial charge in [-0.2, -0.15) is 0 Å². The first-order chi connectivity index (χ1) is 16.8. The van der Waals surface area contributed by atoms with Gasteiger partial charge in [-0.1, -0.05) is 32.1 Å². The van der Waals surface area contributed by atoms with E-state index in [9.17, 15) is 9.90 Å². The first-order valence-corrected chi connectivity index (χ1v) is 14.1. The van der Waals surface area contributed by atoms with E-state index >= 15 is 0 Å². The molecule has 1 saturated carbocycles. The summed E-state index contributed by atoms with van der Waals surface area (Å²) in [5, 5.41) is 11.2. The fraction of sp³-hybridized carbons (Fsp3) is 0.833. The van der Waals surface area contributed by atoms with Crippen LogP contribution in [0.2, 0.25) is 0 Å². The molecule has 6 rings (SSSR count). The second-order valence-corrected chi connectivity index (χ2v) is 13.4. The van der Waals surface area contributed by atoms with Gasteiger partial charge in [0.25, 0.3) is 0 Å². The molecule has 0 aromatic carbocycles. The highest BCUT2D eigenvalue weighted by atomic mass is 16.8. The zero-order chi connectivity index (χ0) is 26.0. The molecule has 5 aliphatic heterocycles. The molecular weight excluding hydrogens is 456 g/mol. The summed E-state index contributed by atoms with van der Waals surface area (Å²) in [6, 6.07) is 0. The standard InChI is InChI=1S/C30H46O6/c1-20-7-10-23(26(2,3)24(20)12-9-22-14-18-33-25(22)31)11-8-21-13-15-30(34-19-21)28(6)16-17-29(32,36-30)27(4,5)35-28/h9,21,23-24,32H,1,7-8,10-19H2,2-6H3/b22-9+/t21-,23+,24+,28-,29-,30+/m1/s1. The number of esters is 1. The molecule has 36 heavy (non-hydrogen) atoms. The van der Waals surface area contributed by atoms with Gasteiger partial charge in [0.05, 0.1) is 13.2 Å². The third-order valence-electron chi connectivity index (χ3n) is 10.6. The molecule has 0 radical (unpaired) electrons. The van der Waals surface area contributed by atoms with Crippen LogP contribution in [-0.2, 0) is 23.7 Å². The summed E-state index contributed by atoms with van der Waals surface area (Å²) in [4.78, 5) is 11.9. The van der Waals surface area contributed by atoms with Gasteiger partial charge in [0.15, 0.2) is 5.79 Å². The number of hydrogen-bond donors (Lipinski definition) is 1. The minimum absolute atomic E-state index is 0.132. The Bertz CT molecular complexity index is 926. The van der Waals surface area contributed by atoms with Gasteiger partial charge in [0.2, 0.25) is 5.79 Å². The van der Waals surface area contributed by atoms with Crippen molar-refractivity contribution < 1.29 is 28.8 Å². The van der Waals surface area contributed by atoms with E-state index < -0.39 is 22.8 Å². The van der Waals surface area contributed by atoms with Crippen molar-refractivity contribution in [3.05, 3.63) is 23.8 Å². The number of ether oxygens (including phenoxy) is 4. The molecule has 6 fully saturated rings. The van der Waals surface area contributed by atoms with Crippen molar-refractivity contribution in [2.24, 2.45) is 23.2 Å². The van der Waals surface area contributed by atoms with Crippen LogP contribution in [0.5, 0.6) is 0 Å². The number of carbonyl (C=O) groups excluding carboxylic acids is 1. The van der Waals surface area contributed by atoms with Crippen LogP contribution in [-0.4, -0.2) is 47.1 Å². The average Bonchev–Trinajstić information content (AvgIpc) is 3.20. The Kier molecular flexibility index (Phi) is 6.55. The number of hydrogen-bond acceptors (Lipinski definition) is 6. The van der Waals surface area contributed by atoms with Crippen LogP contribution < -0.4 is 0 Å². The monoisotopic (exact) mass is 502 g/mol. The molecule has 6 heteroatoms. The summed E-state index contributed by atoms with van der Waals surface area (Å²) in [7, 11) is 0. The first kappa shape index (κ1) is 26.4. The van der Waals surface area contributed by atoms with Crippen LogP contribution in [0.25, 0.3) is 0 Å². The molecule has 0 unspecified atom stereocenters. The third-order valence-corrected chi connectivity index (χ3v) is 10.6. The fourth-order valence-electron chi connectivity index (χ4n) is 7.79. The van der Waals surface area contributed by atoms with E-state index in [1.165, 1.54) is 18.4 Å². The Balaban J connectivity index is 1.18. The van der Waals surface area contributed by atoms with Crippen LogP contribution in [0.15, 0.2) is 23.8 Å². The summed E-state index contributed by atoms with van der Waals surface area (Å²) in [6.45, 7) is 16.3. The lowest BCUT2D eigenvalue weighted by atomic mass is 9.58. The maximum absolute atomic E-state index is 11.9. The van der Waals surface area contributed by atoms with E-state index in [4.69, 9.17) is 18.9 Å². The summed E-state index contributed by atoms with van der Waals surface area (Å²) in [5.74, 6) is -0.816. The zero-order valence-corrected chi connectivity index (χ0v) is 23.0. The van der Waals surface area contributed by atoms with E-state index in [0.717, 1.165) is 50.5 Å². The van der Waals surface area contributed by atoms with Gasteiger partial charge in [0, 0.05) is 24.8 Å². The summed E-state index contributed by atoms with van der Waals surface area (Å²) in [5.41, 5.74) is 1.00. The van der Waals surface area contributed by atoms with Crippen molar-refractivity contribution >= 4 is 5.97 Å². The van der Waals surface area contributed by atoms with Gasteiger partial charge in [-0.05, 0) is 88.9 Å². The third kappa shape index (κ3) is 4.20. The van der Waals surface area contributed by atoms with E-state index in [1.54, 1.807) is 0 Å². The van der Waals surface area contributed by atoms with Crippen molar-refractivity contribution in [2.45, 2.75) is 122 Å². The fourth-order valence-corrected chi connectivity index (χ4v) is 7.79. The van der Waals surface area contributed by atoms with Crippen LogP contribution in [0, 0.1) is 23.2 Å². The van der Waals surface area contributed by atoms with Crippen molar-refractivity contribution in [3.8, 4) is 0 Å². The molecule has 1 aliphatic carbocycles. The molecule has 0 amide bonds. The van der Waals surface area contributed by atoms with Crippen LogP contribution in [0.1, 0.15) is 98.8 Å². The summed E-state index contributed by atoms with van der Waals surface area (Å²) < 4.78 is 24.4. The van der Waals surface area contributed by atoms with Crippen molar-refractivity contribution in [2.75, 3.05) is 13.2 Å². The Morgan fingerprint density at radius 1 is 1.03 bits per heavy atom. The van der Waals surface area contributed by atoms with E-state index in [0.29, 0.717) is 37.4 Å². The molecule has 6 aliphatic rings. The van der Waals surface area contributed by atoms with E-state index in [1.807, 2.05) is 13.8 Å². The molecule has 6 atom stereocenters. The van der Waals surface area contributed by atoms with Crippen molar-refractivity contribution in [1.82, 2.24) is 0 Å². The predicted octanol–water partition coefficient (Wildman–Crippen LogP) is 5.83. The molecule has 6 nitrogen and oxygen atoms in total. The number of aliphatic hydroxyl groups is 1. The number of rotatable bonds is 5. The second kappa shape index (κ2) is 8.93. The maximum Gasteiger partial charge on any atom is 0.333 e. The Hall–Kier alpha value is -1.21. The highest BCUT2D eigenvalue weighted by Crippen LogP contribution is 2.59. The van der Waals surface area contributed by atoms with Gasteiger partial charge >= 0.3 is 5.97 Å². The van der Waals surface area contributed by atoms with E-state index in [2.05, 4.69) is 33.4 Å². The molecule has 2 bridgehead atoms. The van der Waals surface area contributed by atoms with Gasteiger partial charge in [-0.3, -0.25) is 0 Å². The van der Waals surface area contributed by atoms with E-state index in [-0.39, 0.29) is 11.4 Å². The van der Waals surface area contributed by atoms with Gasteiger partial charge in [-0.15, -0.1) is 0 Å². The summed E-state index contributed by atoms with van der Waals surface area (Å²) in [6.07, 6.45) is 11.3. The second-order valence-electron chi connectivity index (χ2n) is 13.4. The van der Waals surface area contributed by atoms with Crippen LogP contribution >= 0.6 is 0 Å². The molecule has 5 heterocycles. The number of carbonyl (C=O) groups is 1. The Labute approximate surface area is 216 Å². The minimum atomic E-state index is -1.30. The maximum atomic E-state index is 11.9. The van der Waals surface area contributed by atoms with Gasteiger partial charge < -0.3 is 24.1 Å². The van der Waals surface area contributed by atoms with Crippen LogP contribution in [0.4, 0.5) is 0 Å². The van der Waals surface area contributed by atoms with Crippen molar-refractivity contribution in [3.63, 3.8) is 0 Å². The SMILES string of the molecule is C=C1CC[C@@H](CC[C@@H]2CC[C@]3(OC2)O[C@]2(O)CC[C@@]3(C)OC2(C)C)C(C)(C)[C@H]1C/C=C1\CCOC1=O. The number of fused-ring (bicyclic) bond motifs is 2. The highest BCUT2D eigenvalue weighted by molar-refractivity contribution is 5.90. The molecule has 1 spiro atoms. The smallest absolute Gasteiger partial charge is 0.333 e. The molecular formula is C30H46O6. The summed E-state index contributed by atoms with van der Waals surface area (Å²) >= 11 is 0. The highest BCUT2D eigenvalue weighted by Gasteiger charge is 2.71. The minimum Gasteiger partial charge on any atom is -0.462 e. The Morgan fingerprint density at radius 3 is 2.44 bits per heavy atom. The van der Waals surface area contributed by atoms with Gasteiger partial charge in [-0.25, -0.2) is 4.79 Å². The topological polar surface area (TPSA) is 74.2 Å². The lowest BCUT2D eigenvalue weighted by Gasteiger charge is -2.66. The number of allylic oxidation sites excluding steroid dienone is 2. The Morgan fingerprint density at radius 2 is 1.81 bits per heavy atom. The molecule has 0 aromatic heterocycles. The molecule has 1 N–H and O–H groups in total. The average molecular weight is 503 g/mol.